The maximum absolute atomic E-state index is 12.4. The molecule has 1 aromatic carbocycles. The predicted octanol–water partition coefficient (Wildman–Crippen LogP) is -1.32. The molecule has 36 heavy (non-hydrogen) atoms. The Kier molecular flexibility index (Phi) is 8.61. The van der Waals surface area contributed by atoms with Crippen LogP contribution in [-0.2, 0) is 25.1 Å². The van der Waals surface area contributed by atoms with Crippen LogP contribution in [0.4, 0.5) is 5.69 Å². The van der Waals surface area contributed by atoms with Crippen molar-refractivity contribution in [1.29, 1.82) is 0 Å². The summed E-state index contributed by atoms with van der Waals surface area (Å²) in [5, 5.41) is 25.6. The summed E-state index contributed by atoms with van der Waals surface area (Å²) >= 11 is 0. The Morgan fingerprint density at radius 1 is 1.14 bits per heavy atom. The summed E-state index contributed by atoms with van der Waals surface area (Å²) in [6.45, 7) is 1.49. The van der Waals surface area contributed by atoms with Gasteiger partial charge in [0.1, 0.15) is 12.2 Å². The lowest BCUT2D eigenvalue weighted by Crippen LogP contribution is -2.43. The topological polar surface area (TPSA) is 220 Å². The molecule has 1 aliphatic rings. The van der Waals surface area contributed by atoms with Gasteiger partial charge >= 0.3 is 13.3 Å². The predicted molar refractivity (Wildman–Crippen MR) is 125 cm³/mol. The quantitative estimate of drug-likeness (QED) is 0.151. The first-order valence-corrected chi connectivity index (χ1v) is 12.7. The van der Waals surface area contributed by atoms with E-state index in [1.165, 1.54) is 31.2 Å². The van der Waals surface area contributed by atoms with E-state index in [0.29, 0.717) is 11.3 Å². The van der Waals surface area contributed by atoms with Crippen LogP contribution in [0.15, 0.2) is 40.1 Å². The van der Waals surface area contributed by atoms with Gasteiger partial charge in [0.15, 0.2) is 12.3 Å². The van der Waals surface area contributed by atoms with E-state index in [2.05, 4.69) is 15.6 Å². The van der Waals surface area contributed by atoms with Gasteiger partial charge in [-0.2, -0.15) is 0 Å². The number of aryl methyl sites for hydroxylation is 1. The average molecular weight is 526 g/mol. The third-order valence-corrected chi connectivity index (χ3v) is 6.20. The second kappa shape index (κ2) is 11.3. The van der Waals surface area contributed by atoms with Crippen molar-refractivity contribution in [2.75, 3.05) is 11.9 Å². The third kappa shape index (κ3) is 6.97. The second-order valence-electron chi connectivity index (χ2n) is 8.37. The molecule has 3 rings (SSSR count). The molecule has 196 valence electrons. The minimum Gasteiger partial charge on any atom is -0.387 e. The number of nitrogens with zero attached hydrogens (tertiary/aromatic N) is 1. The van der Waals surface area contributed by atoms with Crippen molar-refractivity contribution in [3.63, 3.8) is 0 Å². The molecule has 2 heterocycles. The number of aromatic amines is 1. The summed E-state index contributed by atoms with van der Waals surface area (Å²) in [5.41, 5.74) is -0.449. The molecule has 0 bridgehead atoms. The van der Waals surface area contributed by atoms with Gasteiger partial charge in [-0.15, -0.1) is 0 Å². The van der Waals surface area contributed by atoms with Crippen LogP contribution in [-0.4, -0.2) is 66.2 Å². The number of benzene rings is 1. The van der Waals surface area contributed by atoms with Crippen molar-refractivity contribution < 1.29 is 38.9 Å². The van der Waals surface area contributed by atoms with Crippen LogP contribution in [0, 0.1) is 6.92 Å². The molecule has 1 aliphatic heterocycles. The first-order chi connectivity index (χ1) is 16.9. The number of carbonyl (C=O) groups excluding carboxylic acids is 2. The summed E-state index contributed by atoms with van der Waals surface area (Å²) in [6.07, 6.45) is -5.08. The van der Waals surface area contributed by atoms with E-state index in [0.717, 1.165) is 10.8 Å². The lowest BCUT2D eigenvalue weighted by Gasteiger charge is -2.17. The summed E-state index contributed by atoms with van der Waals surface area (Å²) in [6, 6.07) is 6.01. The van der Waals surface area contributed by atoms with Crippen LogP contribution in [0.5, 0.6) is 0 Å². The lowest BCUT2D eigenvalue weighted by atomic mass is 10.1. The number of nitrogens with one attached hydrogen (secondary N) is 3. The Bertz CT molecular complexity index is 1270. The van der Waals surface area contributed by atoms with Gasteiger partial charge in [-0.05, 0) is 31.0 Å². The van der Waals surface area contributed by atoms with Crippen molar-refractivity contribution >= 4 is 25.1 Å². The van der Waals surface area contributed by atoms with E-state index < -0.39 is 55.5 Å². The maximum Gasteiger partial charge on any atom is 0.330 e. The second-order valence-corrected chi connectivity index (χ2v) is 10.0. The normalized spacial score (nSPS) is 21.8. The van der Waals surface area contributed by atoms with Crippen molar-refractivity contribution in [3.05, 3.63) is 62.4 Å². The van der Waals surface area contributed by atoms with Gasteiger partial charge in [0.05, 0.1) is 6.16 Å². The smallest absolute Gasteiger partial charge is 0.330 e. The molecule has 0 aliphatic carbocycles. The monoisotopic (exact) mass is 526 g/mol. The van der Waals surface area contributed by atoms with Gasteiger partial charge < -0.3 is 35.4 Å². The Hall–Kier alpha value is -3.13. The number of anilines is 1. The number of amides is 2. The summed E-state index contributed by atoms with van der Waals surface area (Å²) in [5.74, 6) is -1.10. The maximum atomic E-state index is 12.4. The molecule has 2 aromatic rings. The van der Waals surface area contributed by atoms with Gasteiger partial charge in [-0.25, -0.2) is 4.79 Å². The highest BCUT2D eigenvalue weighted by Crippen LogP contribution is 2.39. The summed E-state index contributed by atoms with van der Waals surface area (Å²) in [4.78, 5) is 68.2. The van der Waals surface area contributed by atoms with E-state index in [-0.39, 0.29) is 30.9 Å². The van der Waals surface area contributed by atoms with Crippen LogP contribution >= 0.6 is 7.60 Å². The van der Waals surface area contributed by atoms with Crippen LogP contribution in [0.1, 0.15) is 30.2 Å². The minimum absolute atomic E-state index is 0.0376. The van der Waals surface area contributed by atoms with Crippen LogP contribution in [0.2, 0.25) is 0 Å². The number of hydrogen-bond acceptors (Lipinski definition) is 8. The number of carbonyl (C=O) groups is 2. The Balaban J connectivity index is 1.46. The third-order valence-electron chi connectivity index (χ3n) is 5.42. The van der Waals surface area contributed by atoms with Gasteiger partial charge in [0.25, 0.3) is 11.5 Å². The van der Waals surface area contributed by atoms with Gasteiger partial charge in [-0.1, -0.05) is 12.1 Å². The van der Waals surface area contributed by atoms with Crippen molar-refractivity contribution in [1.82, 2.24) is 14.9 Å². The lowest BCUT2D eigenvalue weighted by molar-refractivity contribution is -0.138. The molecule has 0 saturated carbocycles. The zero-order valence-corrected chi connectivity index (χ0v) is 20.1. The van der Waals surface area contributed by atoms with Crippen molar-refractivity contribution in [2.45, 2.75) is 50.5 Å². The molecular formula is C21H27N4O10P. The highest BCUT2D eigenvalue weighted by atomic mass is 31.2. The molecular weight excluding hydrogens is 499 g/mol. The first kappa shape index (κ1) is 27.5. The number of ether oxygens (including phenoxy) is 1. The molecule has 15 heteroatoms. The Morgan fingerprint density at radius 3 is 2.44 bits per heavy atom. The molecule has 14 nitrogen and oxygen atoms in total. The van der Waals surface area contributed by atoms with Crippen molar-refractivity contribution in [3.8, 4) is 0 Å². The number of rotatable bonds is 9. The molecule has 0 spiro atoms. The number of hydrogen-bond donors (Lipinski definition) is 7. The van der Waals surface area contributed by atoms with Crippen LogP contribution < -0.4 is 21.9 Å². The van der Waals surface area contributed by atoms with Crippen LogP contribution in [0.25, 0.3) is 0 Å². The van der Waals surface area contributed by atoms with Gasteiger partial charge in [0, 0.05) is 30.4 Å². The summed E-state index contributed by atoms with van der Waals surface area (Å²) < 4.78 is 17.3. The zero-order chi connectivity index (χ0) is 26.6. The minimum atomic E-state index is -4.19. The standard InChI is InChI=1S/C21H27N4O10P/c1-11-9-25(21(31)24-18(11)29)20-16(28)15(27)17(35-20)19(30)22-8-2-3-14(26)23-13-6-4-12(5-7-13)10-36(32,33)34/h4-7,9,15-17,20,27-28H,2-3,8,10H2,1H3,(H,22,30)(H,23,26)(H,24,29,31)(H2,32,33,34)/t15-,16+,17+,20-/m1/s1. The van der Waals surface area contributed by atoms with E-state index in [9.17, 15) is 34.0 Å². The van der Waals surface area contributed by atoms with Crippen molar-refractivity contribution in [2.24, 2.45) is 0 Å². The first-order valence-electron chi connectivity index (χ1n) is 10.9. The Morgan fingerprint density at radius 2 is 1.81 bits per heavy atom. The molecule has 0 unspecified atom stereocenters. The molecule has 1 aromatic heterocycles. The zero-order valence-electron chi connectivity index (χ0n) is 19.2. The van der Waals surface area contributed by atoms with E-state index >= 15 is 0 Å². The number of H-pyrrole nitrogens is 1. The highest BCUT2D eigenvalue weighted by molar-refractivity contribution is 7.50. The fourth-order valence-corrected chi connectivity index (χ4v) is 4.28. The molecule has 4 atom stereocenters. The summed E-state index contributed by atoms with van der Waals surface area (Å²) in [7, 11) is -4.19. The fraction of sp³-hybridized carbons (Fsp3) is 0.429. The Labute approximate surface area is 204 Å². The van der Waals surface area contributed by atoms with Gasteiger partial charge in [-0.3, -0.25) is 28.5 Å². The van der Waals surface area contributed by atoms with E-state index in [4.69, 9.17) is 14.5 Å². The largest absolute Gasteiger partial charge is 0.387 e. The van der Waals surface area contributed by atoms with Crippen LogP contribution in [0.3, 0.4) is 0 Å². The molecule has 7 N–H and O–H groups in total. The number of aliphatic hydroxyl groups excluding tert-OH is 2. The number of aromatic nitrogens is 2. The SMILES string of the molecule is Cc1cn([C@@H]2O[C@H](C(=O)NCCCC(=O)Nc3ccc(CP(=O)(O)O)cc3)[C@H](O)[C@@H]2O)c(=O)[nH]c1=O. The molecule has 0 radical (unpaired) electrons. The molecule has 1 saturated heterocycles. The molecule has 2 amide bonds. The fourth-order valence-electron chi connectivity index (χ4n) is 3.60. The highest BCUT2D eigenvalue weighted by Gasteiger charge is 2.47. The number of aliphatic hydroxyl groups is 2. The van der Waals surface area contributed by atoms with E-state index in [1.54, 1.807) is 0 Å². The van der Waals surface area contributed by atoms with E-state index in [1.807, 2.05) is 0 Å². The molecule has 1 fully saturated rings. The van der Waals surface area contributed by atoms with Gasteiger partial charge in [0.2, 0.25) is 5.91 Å². The average Bonchev–Trinajstić information content (AvgIpc) is 3.08.